The zero-order valence-electron chi connectivity index (χ0n) is 21.7. The molecule has 1 fully saturated rings. The van der Waals surface area contributed by atoms with Crippen molar-refractivity contribution in [3.05, 3.63) is 75.9 Å². The number of fused-ring (bicyclic) bond motifs is 1. The Kier molecular flexibility index (Phi) is 8.30. The minimum atomic E-state index is -0.267. The third-order valence-electron chi connectivity index (χ3n) is 7.03. The Morgan fingerprint density at radius 1 is 1.21 bits per heavy atom. The van der Waals surface area contributed by atoms with Gasteiger partial charge in [-0.25, -0.2) is 9.97 Å². The Bertz CT molecular complexity index is 1390. The Hall–Kier alpha value is -3.66. The van der Waals surface area contributed by atoms with Crippen molar-refractivity contribution < 1.29 is 19.1 Å². The summed E-state index contributed by atoms with van der Waals surface area (Å²) >= 11 is 6.45. The number of Topliss-reactive ketones (excluding diaryl/α,β-unsaturated/α-hetero) is 1. The Labute approximate surface area is 231 Å². The minimum Gasteiger partial charge on any atom is -0.381 e. The molecule has 1 atom stereocenters. The minimum absolute atomic E-state index is 0.0663. The molecule has 3 aromatic rings. The van der Waals surface area contributed by atoms with Gasteiger partial charge in [0.2, 0.25) is 11.9 Å². The van der Waals surface area contributed by atoms with E-state index in [4.69, 9.17) is 16.3 Å². The highest BCUT2D eigenvalue weighted by molar-refractivity contribution is 6.33. The van der Waals surface area contributed by atoms with Crippen LogP contribution in [0.25, 0.3) is 11.3 Å². The molecule has 10 heteroatoms. The van der Waals surface area contributed by atoms with Crippen LogP contribution < -0.4 is 10.6 Å². The first-order chi connectivity index (χ1) is 18.9. The summed E-state index contributed by atoms with van der Waals surface area (Å²) in [6.45, 7) is 3.97. The van der Waals surface area contributed by atoms with Gasteiger partial charge in [0.15, 0.2) is 5.78 Å². The van der Waals surface area contributed by atoms with Crippen LogP contribution in [-0.2, 0) is 16.1 Å². The van der Waals surface area contributed by atoms with Gasteiger partial charge in [-0.3, -0.25) is 19.3 Å². The third kappa shape index (κ3) is 6.50. The summed E-state index contributed by atoms with van der Waals surface area (Å²) in [5.41, 5.74) is 4.15. The molecule has 2 aliphatic heterocycles. The molecule has 39 heavy (non-hydrogen) atoms. The van der Waals surface area contributed by atoms with E-state index >= 15 is 0 Å². The Morgan fingerprint density at radius 3 is 2.82 bits per heavy atom. The van der Waals surface area contributed by atoms with Crippen LogP contribution >= 0.6 is 11.6 Å². The second kappa shape index (κ2) is 12.0. The van der Waals surface area contributed by atoms with Crippen LogP contribution in [0.1, 0.15) is 57.7 Å². The van der Waals surface area contributed by atoms with E-state index in [0.717, 1.165) is 35.8 Å². The fourth-order valence-corrected chi connectivity index (χ4v) is 5.16. The van der Waals surface area contributed by atoms with Crippen molar-refractivity contribution in [2.45, 2.75) is 38.4 Å². The molecule has 0 aliphatic carbocycles. The lowest BCUT2D eigenvalue weighted by Gasteiger charge is -2.28. The number of hydrogen-bond donors (Lipinski definition) is 2. The molecule has 0 radical (unpaired) electrons. The van der Waals surface area contributed by atoms with Gasteiger partial charge in [-0.05, 0) is 43.0 Å². The average Bonchev–Trinajstić information content (AvgIpc) is 2.94. The molecular formula is C29H30ClN5O4. The topological polar surface area (TPSA) is 114 Å². The number of aromatic nitrogens is 2. The van der Waals surface area contributed by atoms with Crippen LogP contribution in [0.3, 0.4) is 0 Å². The lowest BCUT2D eigenvalue weighted by molar-refractivity contribution is -0.122. The molecular weight excluding hydrogens is 518 g/mol. The zero-order chi connectivity index (χ0) is 27.4. The number of nitrogens with zero attached hydrogens (tertiary/aromatic N) is 3. The summed E-state index contributed by atoms with van der Waals surface area (Å²) in [7, 11) is 0. The first-order valence-corrected chi connectivity index (χ1v) is 13.4. The molecule has 0 bridgehead atoms. The highest BCUT2D eigenvalue weighted by atomic mass is 35.5. The van der Waals surface area contributed by atoms with Gasteiger partial charge >= 0.3 is 0 Å². The van der Waals surface area contributed by atoms with Gasteiger partial charge in [0, 0.05) is 42.5 Å². The van der Waals surface area contributed by atoms with Gasteiger partial charge in [-0.15, -0.1) is 0 Å². The van der Waals surface area contributed by atoms with Crippen molar-refractivity contribution >= 4 is 35.5 Å². The third-order valence-corrected chi connectivity index (χ3v) is 7.31. The number of nitrogens with one attached hydrogen (secondary N) is 2. The number of benzene rings is 2. The van der Waals surface area contributed by atoms with E-state index in [1.807, 2.05) is 36.1 Å². The van der Waals surface area contributed by atoms with E-state index in [2.05, 4.69) is 20.6 Å². The number of amides is 1. The lowest BCUT2D eigenvalue weighted by Crippen LogP contribution is -2.42. The number of carbonyl (C=O) groups excluding carboxylic acids is 3. The highest BCUT2D eigenvalue weighted by Gasteiger charge is 2.26. The molecule has 2 aromatic carbocycles. The van der Waals surface area contributed by atoms with Gasteiger partial charge in [0.1, 0.15) is 6.29 Å². The molecule has 1 aromatic heterocycles. The smallest absolute Gasteiger partial charge is 0.234 e. The van der Waals surface area contributed by atoms with Gasteiger partial charge in [-0.1, -0.05) is 41.9 Å². The van der Waals surface area contributed by atoms with Crippen LogP contribution in [0.4, 0.5) is 5.95 Å². The van der Waals surface area contributed by atoms with Crippen molar-refractivity contribution in [2.75, 3.05) is 31.6 Å². The summed E-state index contributed by atoms with van der Waals surface area (Å²) in [4.78, 5) is 47.7. The summed E-state index contributed by atoms with van der Waals surface area (Å²) in [6, 6.07) is 12.7. The number of halogens is 1. The summed E-state index contributed by atoms with van der Waals surface area (Å²) in [6.07, 6.45) is 4.12. The molecule has 2 N–H and O–H groups in total. The number of anilines is 1. The van der Waals surface area contributed by atoms with Crippen molar-refractivity contribution in [3.8, 4) is 11.3 Å². The second-order valence-electron chi connectivity index (χ2n) is 9.94. The molecule has 0 unspecified atom stereocenters. The van der Waals surface area contributed by atoms with Gasteiger partial charge in [0.05, 0.1) is 36.0 Å². The van der Waals surface area contributed by atoms with E-state index < -0.39 is 0 Å². The number of carbonyl (C=O) groups is 3. The van der Waals surface area contributed by atoms with Gasteiger partial charge in [0.25, 0.3) is 0 Å². The molecule has 9 nitrogen and oxygen atoms in total. The maximum Gasteiger partial charge on any atom is 0.234 e. The Morgan fingerprint density at radius 2 is 2.03 bits per heavy atom. The highest BCUT2D eigenvalue weighted by Crippen LogP contribution is 2.30. The number of aldehydes is 1. The Balaban J connectivity index is 1.25. The van der Waals surface area contributed by atoms with E-state index in [0.29, 0.717) is 47.6 Å². The predicted octanol–water partition coefficient (Wildman–Crippen LogP) is 4.08. The van der Waals surface area contributed by atoms with E-state index in [1.165, 1.54) is 0 Å². The normalized spacial score (nSPS) is 16.8. The van der Waals surface area contributed by atoms with Gasteiger partial charge in [-0.2, -0.15) is 0 Å². The average molecular weight is 548 g/mol. The van der Waals surface area contributed by atoms with Crippen LogP contribution in [-0.4, -0.2) is 65.2 Å². The first kappa shape index (κ1) is 26.9. The molecule has 1 saturated heterocycles. The summed E-state index contributed by atoms with van der Waals surface area (Å²) in [5, 5.41) is 6.71. The van der Waals surface area contributed by atoms with Crippen LogP contribution in [0, 0.1) is 0 Å². The zero-order valence-corrected chi connectivity index (χ0v) is 22.4. The predicted molar refractivity (Wildman–Crippen MR) is 148 cm³/mol. The number of hydrogen-bond acceptors (Lipinski definition) is 8. The van der Waals surface area contributed by atoms with E-state index in [-0.39, 0.29) is 36.9 Å². The van der Waals surface area contributed by atoms with E-state index in [1.54, 1.807) is 24.4 Å². The van der Waals surface area contributed by atoms with Gasteiger partial charge < -0.3 is 15.4 Å². The first-order valence-electron chi connectivity index (χ1n) is 13.0. The van der Waals surface area contributed by atoms with Crippen molar-refractivity contribution in [1.82, 2.24) is 20.2 Å². The van der Waals surface area contributed by atoms with Crippen molar-refractivity contribution in [3.63, 3.8) is 0 Å². The van der Waals surface area contributed by atoms with E-state index in [9.17, 15) is 14.4 Å². The second-order valence-corrected chi connectivity index (χ2v) is 10.3. The largest absolute Gasteiger partial charge is 0.381 e. The molecule has 3 heterocycles. The monoisotopic (exact) mass is 547 g/mol. The molecule has 0 spiro atoms. The molecule has 1 amide bonds. The summed E-state index contributed by atoms with van der Waals surface area (Å²) in [5.74, 6) is 0.238. The molecule has 2 aliphatic rings. The fourth-order valence-electron chi connectivity index (χ4n) is 4.96. The van der Waals surface area contributed by atoms with Crippen LogP contribution in [0.5, 0.6) is 0 Å². The number of ketones is 1. The van der Waals surface area contributed by atoms with Crippen LogP contribution in [0.15, 0.2) is 48.7 Å². The van der Waals surface area contributed by atoms with Crippen LogP contribution in [0.2, 0.25) is 5.02 Å². The molecule has 5 rings (SSSR count). The number of rotatable bonds is 8. The number of ether oxygens (including phenoxy) is 1. The van der Waals surface area contributed by atoms with Crippen molar-refractivity contribution in [1.29, 1.82) is 0 Å². The standard InChI is InChI=1S/C29H30ClN5O4/c1-18(20-4-2-3-19(11-20)17-36)32-27(38)16-35-14-22-6-5-21(12-24(22)26(37)15-35)28-25(30)13-31-29(34-28)33-23-7-9-39-10-8-23/h2-6,11-13,17-18,23H,7-10,14-16H2,1H3,(H,32,38)(H,31,33,34)/t18-/m1/s1. The summed E-state index contributed by atoms with van der Waals surface area (Å²) < 4.78 is 5.41. The SMILES string of the molecule is C[C@@H](NC(=O)CN1CC(=O)c2cc(-c3nc(NC4CCOCC4)ncc3Cl)ccc2C1)c1cccc(C=O)c1. The maximum atomic E-state index is 13.1. The quantitative estimate of drug-likeness (QED) is 0.406. The lowest BCUT2D eigenvalue weighted by atomic mass is 9.95. The molecule has 0 saturated carbocycles. The fraction of sp³-hybridized carbons (Fsp3) is 0.345. The van der Waals surface area contributed by atoms with Crippen molar-refractivity contribution in [2.24, 2.45) is 0 Å². The maximum absolute atomic E-state index is 13.1. The molecule has 202 valence electrons.